The van der Waals surface area contributed by atoms with Crippen LogP contribution in [0.15, 0.2) is 34.4 Å². The molecule has 5 nitrogen and oxygen atoms in total. The largest absolute Gasteiger partial charge is 0.496 e. The quantitative estimate of drug-likeness (QED) is 0.749. The first kappa shape index (κ1) is 17.9. The zero-order chi connectivity index (χ0) is 19.0. The van der Waals surface area contributed by atoms with E-state index in [2.05, 4.69) is 35.9 Å². The van der Waals surface area contributed by atoms with E-state index in [4.69, 9.17) is 9.72 Å². The van der Waals surface area contributed by atoms with E-state index in [1.54, 1.807) is 18.4 Å². The Hall–Kier alpha value is -2.44. The van der Waals surface area contributed by atoms with Crippen LogP contribution in [0, 0.1) is 13.8 Å². The maximum atomic E-state index is 12.6. The molecule has 4 rings (SSSR count). The number of nitrogens with one attached hydrogen (secondary N) is 1. The Kier molecular flexibility index (Phi) is 4.85. The van der Waals surface area contributed by atoms with Crippen molar-refractivity contribution in [2.24, 2.45) is 0 Å². The maximum Gasteiger partial charge on any atom is 0.255 e. The lowest BCUT2D eigenvalue weighted by Crippen LogP contribution is -2.35. The smallest absolute Gasteiger partial charge is 0.255 e. The van der Waals surface area contributed by atoms with Gasteiger partial charge in [-0.15, -0.1) is 11.3 Å². The van der Waals surface area contributed by atoms with E-state index in [9.17, 15) is 4.79 Å². The first-order valence-electron chi connectivity index (χ1n) is 9.07. The number of hydrogen-bond donors (Lipinski definition) is 1. The SMILES string of the molecule is COc1cc(C)c(CN2CCc3nc(-c4cccs4)[nH]c(=O)c3C2)cc1C. The summed E-state index contributed by atoms with van der Waals surface area (Å²) in [6.07, 6.45) is 0.797. The number of aryl methyl sites for hydroxylation is 2. The summed E-state index contributed by atoms with van der Waals surface area (Å²) in [5, 5.41) is 2.00. The molecule has 0 saturated carbocycles. The third-order valence-electron chi connectivity index (χ3n) is 5.15. The maximum absolute atomic E-state index is 12.6. The second kappa shape index (κ2) is 7.29. The van der Waals surface area contributed by atoms with Crippen molar-refractivity contribution >= 4 is 11.3 Å². The van der Waals surface area contributed by atoms with Crippen molar-refractivity contribution in [2.75, 3.05) is 13.7 Å². The fraction of sp³-hybridized carbons (Fsp3) is 0.333. The Balaban J connectivity index is 1.57. The Labute approximate surface area is 162 Å². The summed E-state index contributed by atoms with van der Waals surface area (Å²) in [6.45, 7) is 6.53. The van der Waals surface area contributed by atoms with Gasteiger partial charge in [0.05, 0.1) is 23.2 Å². The van der Waals surface area contributed by atoms with Crippen LogP contribution >= 0.6 is 11.3 Å². The molecule has 0 amide bonds. The number of nitrogens with zero attached hydrogens (tertiary/aromatic N) is 2. The minimum Gasteiger partial charge on any atom is -0.496 e. The Morgan fingerprint density at radius 1 is 1.30 bits per heavy atom. The van der Waals surface area contributed by atoms with Gasteiger partial charge in [0.15, 0.2) is 5.82 Å². The van der Waals surface area contributed by atoms with Gasteiger partial charge >= 0.3 is 0 Å². The van der Waals surface area contributed by atoms with E-state index < -0.39 is 0 Å². The van der Waals surface area contributed by atoms with Crippen molar-refractivity contribution in [3.63, 3.8) is 0 Å². The van der Waals surface area contributed by atoms with Crippen LogP contribution in [0.25, 0.3) is 10.7 Å². The van der Waals surface area contributed by atoms with Gasteiger partial charge in [0.2, 0.25) is 0 Å². The molecule has 0 radical (unpaired) electrons. The lowest BCUT2D eigenvalue weighted by molar-refractivity contribution is 0.241. The van der Waals surface area contributed by atoms with Crippen molar-refractivity contribution in [1.82, 2.24) is 14.9 Å². The number of thiophene rings is 1. The highest BCUT2D eigenvalue weighted by Crippen LogP contribution is 2.26. The minimum absolute atomic E-state index is 0.0178. The van der Waals surface area contributed by atoms with Crippen LogP contribution in [0.2, 0.25) is 0 Å². The highest BCUT2D eigenvalue weighted by atomic mass is 32.1. The molecule has 0 aliphatic carbocycles. The molecule has 0 saturated heterocycles. The van der Waals surface area contributed by atoms with E-state index in [0.29, 0.717) is 12.4 Å². The summed E-state index contributed by atoms with van der Waals surface area (Å²) in [5.74, 6) is 1.60. The minimum atomic E-state index is -0.0178. The van der Waals surface area contributed by atoms with Crippen molar-refractivity contribution in [1.29, 1.82) is 0 Å². The lowest BCUT2D eigenvalue weighted by Gasteiger charge is -2.28. The summed E-state index contributed by atoms with van der Waals surface area (Å²) in [6, 6.07) is 8.23. The van der Waals surface area contributed by atoms with E-state index in [-0.39, 0.29) is 5.56 Å². The molecular formula is C21H23N3O2S. The molecule has 140 valence electrons. The molecule has 1 aliphatic heterocycles. The summed E-state index contributed by atoms with van der Waals surface area (Å²) < 4.78 is 5.41. The molecule has 1 aromatic carbocycles. The fourth-order valence-corrected chi connectivity index (χ4v) is 4.30. The summed E-state index contributed by atoms with van der Waals surface area (Å²) in [7, 11) is 1.70. The second-order valence-corrected chi connectivity index (χ2v) is 7.97. The van der Waals surface area contributed by atoms with Gasteiger partial charge in [-0.3, -0.25) is 9.69 Å². The van der Waals surface area contributed by atoms with E-state index in [1.807, 2.05) is 17.5 Å². The average Bonchev–Trinajstić information content (AvgIpc) is 3.19. The molecule has 27 heavy (non-hydrogen) atoms. The molecule has 0 fully saturated rings. The van der Waals surface area contributed by atoms with Crippen LogP contribution in [-0.4, -0.2) is 28.5 Å². The molecule has 0 atom stereocenters. The zero-order valence-electron chi connectivity index (χ0n) is 15.8. The van der Waals surface area contributed by atoms with Crippen LogP contribution in [0.3, 0.4) is 0 Å². The molecule has 2 aromatic heterocycles. The van der Waals surface area contributed by atoms with Gasteiger partial charge in [-0.25, -0.2) is 4.98 Å². The molecule has 3 aromatic rings. The number of methoxy groups -OCH3 is 1. The third-order valence-corrected chi connectivity index (χ3v) is 6.03. The number of hydrogen-bond acceptors (Lipinski definition) is 5. The Bertz CT molecular complexity index is 1020. The van der Waals surface area contributed by atoms with Gasteiger partial charge in [0.25, 0.3) is 5.56 Å². The number of fused-ring (bicyclic) bond motifs is 1. The van der Waals surface area contributed by atoms with Gasteiger partial charge < -0.3 is 9.72 Å². The van der Waals surface area contributed by atoms with Crippen molar-refractivity contribution < 1.29 is 4.74 Å². The van der Waals surface area contributed by atoms with Gasteiger partial charge in [-0.2, -0.15) is 0 Å². The molecule has 6 heteroatoms. The first-order chi connectivity index (χ1) is 13.0. The van der Waals surface area contributed by atoms with Gasteiger partial charge in [0.1, 0.15) is 5.75 Å². The summed E-state index contributed by atoms with van der Waals surface area (Å²) in [5.41, 5.74) is 5.33. The monoisotopic (exact) mass is 381 g/mol. The van der Waals surface area contributed by atoms with Gasteiger partial charge in [0, 0.05) is 26.1 Å². The Morgan fingerprint density at radius 3 is 2.89 bits per heavy atom. The van der Waals surface area contributed by atoms with Crippen LogP contribution < -0.4 is 10.3 Å². The van der Waals surface area contributed by atoms with Crippen LogP contribution in [0.1, 0.15) is 27.9 Å². The number of aromatic amines is 1. The standard InChI is InChI=1S/C21H23N3O2S/c1-13-10-18(26-3)14(2)9-15(13)11-24-7-6-17-16(12-24)21(25)23-20(22-17)19-5-4-8-27-19/h4-5,8-10H,6-7,11-12H2,1-3H3,(H,22,23,25). The zero-order valence-corrected chi connectivity index (χ0v) is 16.7. The average molecular weight is 382 g/mol. The number of H-pyrrole nitrogens is 1. The lowest BCUT2D eigenvalue weighted by atomic mass is 10.0. The van der Waals surface area contributed by atoms with Crippen molar-refractivity contribution in [3.05, 3.63) is 67.9 Å². The van der Waals surface area contributed by atoms with Crippen LogP contribution in [0.4, 0.5) is 0 Å². The van der Waals surface area contributed by atoms with E-state index in [1.165, 1.54) is 11.1 Å². The molecule has 0 bridgehead atoms. The molecule has 3 heterocycles. The first-order valence-corrected chi connectivity index (χ1v) is 9.95. The highest BCUT2D eigenvalue weighted by Gasteiger charge is 2.22. The normalized spacial score (nSPS) is 14.2. The van der Waals surface area contributed by atoms with Crippen molar-refractivity contribution in [3.8, 4) is 16.5 Å². The highest BCUT2D eigenvalue weighted by molar-refractivity contribution is 7.13. The number of ether oxygens (including phenoxy) is 1. The predicted octanol–water partition coefficient (Wildman–Crippen LogP) is 3.68. The van der Waals surface area contributed by atoms with Crippen molar-refractivity contribution in [2.45, 2.75) is 33.4 Å². The summed E-state index contributed by atoms with van der Waals surface area (Å²) in [4.78, 5) is 23.7. The summed E-state index contributed by atoms with van der Waals surface area (Å²) >= 11 is 1.59. The molecular weight excluding hydrogens is 358 g/mol. The molecule has 1 aliphatic rings. The van der Waals surface area contributed by atoms with E-state index >= 15 is 0 Å². The molecule has 1 N–H and O–H groups in total. The van der Waals surface area contributed by atoms with Crippen LogP contribution in [0.5, 0.6) is 5.75 Å². The van der Waals surface area contributed by atoms with Crippen LogP contribution in [-0.2, 0) is 19.5 Å². The Morgan fingerprint density at radius 2 is 2.15 bits per heavy atom. The fourth-order valence-electron chi connectivity index (χ4n) is 3.63. The van der Waals surface area contributed by atoms with E-state index in [0.717, 1.165) is 47.0 Å². The number of aromatic nitrogens is 2. The van der Waals surface area contributed by atoms with Gasteiger partial charge in [-0.1, -0.05) is 12.1 Å². The molecule has 0 unspecified atom stereocenters. The van der Waals surface area contributed by atoms with Gasteiger partial charge in [-0.05, 0) is 48.1 Å². The second-order valence-electron chi connectivity index (χ2n) is 7.03. The number of benzene rings is 1. The predicted molar refractivity (Wildman–Crippen MR) is 108 cm³/mol. The third kappa shape index (κ3) is 3.55. The topological polar surface area (TPSA) is 58.2 Å². The number of rotatable bonds is 4. The molecule has 0 spiro atoms.